The fourth-order valence-electron chi connectivity index (χ4n) is 2.50. The number of nitrogens with zero attached hydrogens (tertiary/aromatic N) is 1. The van der Waals surface area contributed by atoms with Crippen molar-refractivity contribution in [1.82, 2.24) is 5.43 Å². The van der Waals surface area contributed by atoms with Crippen molar-refractivity contribution in [2.75, 3.05) is 7.11 Å². The second-order valence-corrected chi connectivity index (χ2v) is 6.27. The fourth-order valence-corrected chi connectivity index (χ4v) is 2.50. The van der Waals surface area contributed by atoms with Crippen LogP contribution in [-0.2, 0) is 6.61 Å². The van der Waals surface area contributed by atoms with Gasteiger partial charge < -0.3 is 24.8 Å². The van der Waals surface area contributed by atoms with Crippen molar-refractivity contribution in [2.45, 2.75) is 6.61 Å². The average molecular weight is 408 g/mol. The lowest BCUT2D eigenvalue weighted by Crippen LogP contribution is -2.17. The van der Waals surface area contributed by atoms with Crippen molar-refractivity contribution in [3.8, 4) is 28.7 Å². The first-order valence-electron chi connectivity index (χ1n) is 8.90. The molecule has 30 heavy (non-hydrogen) atoms. The van der Waals surface area contributed by atoms with Crippen LogP contribution in [0.25, 0.3) is 0 Å². The van der Waals surface area contributed by atoms with E-state index in [-0.39, 0.29) is 5.56 Å². The maximum Gasteiger partial charge on any atom is 0.271 e. The van der Waals surface area contributed by atoms with Gasteiger partial charge in [0.1, 0.15) is 18.1 Å². The van der Waals surface area contributed by atoms with Gasteiger partial charge in [-0.2, -0.15) is 5.10 Å². The fraction of sp³-hybridized carbons (Fsp3) is 0.0909. The van der Waals surface area contributed by atoms with E-state index >= 15 is 0 Å². The summed E-state index contributed by atoms with van der Waals surface area (Å²) in [5.74, 6) is -1.08. The summed E-state index contributed by atoms with van der Waals surface area (Å²) in [6.07, 6.45) is 1.44. The molecular formula is C22H20N2O6. The molecule has 0 atom stereocenters. The summed E-state index contributed by atoms with van der Waals surface area (Å²) in [7, 11) is 1.62. The summed E-state index contributed by atoms with van der Waals surface area (Å²) in [5.41, 5.74) is 3.96. The molecule has 154 valence electrons. The molecule has 3 rings (SSSR count). The zero-order valence-corrected chi connectivity index (χ0v) is 16.1. The van der Waals surface area contributed by atoms with E-state index in [1.807, 2.05) is 24.3 Å². The molecule has 8 nitrogen and oxygen atoms in total. The predicted molar refractivity (Wildman–Crippen MR) is 110 cm³/mol. The van der Waals surface area contributed by atoms with Gasteiger partial charge >= 0.3 is 0 Å². The number of hydrogen-bond acceptors (Lipinski definition) is 7. The normalized spacial score (nSPS) is 10.7. The van der Waals surface area contributed by atoms with E-state index in [1.165, 1.54) is 6.21 Å². The largest absolute Gasteiger partial charge is 0.504 e. The molecule has 0 radical (unpaired) electrons. The van der Waals surface area contributed by atoms with Crippen LogP contribution in [0.5, 0.6) is 28.7 Å². The number of amides is 1. The first-order chi connectivity index (χ1) is 14.5. The van der Waals surface area contributed by atoms with E-state index in [0.29, 0.717) is 12.4 Å². The highest BCUT2D eigenvalue weighted by molar-refractivity contribution is 5.96. The monoisotopic (exact) mass is 408 g/mol. The summed E-state index contributed by atoms with van der Waals surface area (Å²) in [6, 6.07) is 16.7. The number of carbonyl (C=O) groups is 1. The number of hydrogen-bond donors (Lipinski definition) is 4. The summed E-state index contributed by atoms with van der Waals surface area (Å²) in [4.78, 5) is 12.0. The van der Waals surface area contributed by atoms with Crippen LogP contribution < -0.4 is 14.9 Å². The van der Waals surface area contributed by atoms with E-state index in [4.69, 9.17) is 9.47 Å². The number of aromatic hydroxyl groups is 3. The van der Waals surface area contributed by atoms with E-state index in [0.717, 1.165) is 29.0 Å². The van der Waals surface area contributed by atoms with Crippen molar-refractivity contribution < 1.29 is 29.6 Å². The molecule has 4 N–H and O–H groups in total. The SMILES string of the molecule is COc1ccc(COc2ccc(/C=N/NC(=O)c3cc(O)c(O)c(O)c3)cc2)cc1. The Morgan fingerprint density at radius 3 is 2.17 bits per heavy atom. The number of ether oxygens (including phenoxy) is 2. The second kappa shape index (κ2) is 9.33. The Labute approximate surface area is 172 Å². The van der Waals surface area contributed by atoms with E-state index in [9.17, 15) is 20.1 Å². The number of methoxy groups -OCH3 is 1. The average Bonchev–Trinajstić information content (AvgIpc) is 2.76. The maximum atomic E-state index is 12.0. The number of hydrazone groups is 1. The van der Waals surface area contributed by atoms with Crippen LogP contribution in [0, 0.1) is 0 Å². The molecule has 3 aromatic carbocycles. The van der Waals surface area contributed by atoms with Gasteiger partial charge in [0.15, 0.2) is 17.2 Å². The number of phenols is 3. The number of nitrogens with one attached hydrogen (secondary N) is 1. The van der Waals surface area contributed by atoms with Crippen LogP contribution >= 0.6 is 0 Å². The smallest absolute Gasteiger partial charge is 0.271 e. The van der Waals surface area contributed by atoms with Crippen molar-refractivity contribution in [2.24, 2.45) is 5.10 Å². The minimum atomic E-state index is -0.690. The molecule has 0 heterocycles. The Morgan fingerprint density at radius 2 is 1.57 bits per heavy atom. The zero-order chi connectivity index (χ0) is 21.5. The van der Waals surface area contributed by atoms with Gasteiger partial charge in [-0.15, -0.1) is 0 Å². The molecular weight excluding hydrogens is 388 g/mol. The van der Waals surface area contributed by atoms with Gasteiger partial charge in [0, 0.05) is 5.56 Å². The molecule has 0 bridgehead atoms. The third-order valence-electron chi connectivity index (χ3n) is 4.16. The molecule has 0 fully saturated rings. The Balaban J connectivity index is 1.53. The molecule has 8 heteroatoms. The minimum absolute atomic E-state index is 0.0535. The molecule has 0 saturated heterocycles. The van der Waals surface area contributed by atoms with Crippen LogP contribution in [0.2, 0.25) is 0 Å². The number of rotatable bonds is 7. The Bertz CT molecular complexity index is 1020. The van der Waals surface area contributed by atoms with Crippen molar-refractivity contribution in [1.29, 1.82) is 0 Å². The van der Waals surface area contributed by atoms with Crippen LogP contribution in [0.3, 0.4) is 0 Å². The van der Waals surface area contributed by atoms with E-state index in [1.54, 1.807) is 31.4 Å². The Morgan fingerprint density at radius 1 is 0.967 bits per heavy atom. The van der Waals surface area contributed by atoms with Gasteiger partial charge in [-0.1, -0.05) is 12.1 Å². The highest BCUT2D eigenvalue weighted by Gasteiger charge is 2.12. The molecule has 0 unspecified atom stereocenters. The van der Waals surface area contributed by atoms with E-state index in [2.05, 4.69) is 10.5 Å². The Kier molecular flexibility index (Phi) is 6.39. The van der Waals surface area contributed by atoms with Gasteiger partial charge in [0.2, 0.25) is 0 Å². The molecule has 0 aromatic heterocycles. The molecule has 0 spiro atoms. The van der Waals surface area contributed by atoms with Gasteiger partial charge in [0.05, 0.1) is 13.3 Å². The minimum Gasteiger partial charge on any atom is -0.504 e. The third kappa shape index (κ3) is 5.20. The highest BCUT2D eigenvalue weighted by Crippen LogP contribution is 2.35. The van der Waals surface area contributed by atoms with Gasteiger partial charge in [-0.25, -0.2) is 5.43 Å². The molecule has 3 aromatic rings. The molecule has 0 aliphatic carbocycles. The number of phenolic OH excluding ortho intramolecular Hbond substituents is 3. The summed E-state index contributed by atoms with van der Waals surface area (Å²) < 4.78 is 10.9. The quantitative estimate of drug-likeness (QED) is 0.271. The maximum absolute atomic E-state index is 12.0. The molecule has 0 aliphatic rings. The topological polar surface area (TPSA) is 121 Å². The Hall–Kier alpha value is -4.20. The van der Waals surface area contributed by atoms with Crippen molar-refractivity contribution in [3.63, 3.8) is 0 Å². The lowest BCUT2D eigenvalue weighted by molar-refractivity contribution is 0.0954. The molecule has 1 amide bonds. The van der Waals surface area contributed by atoms with E-state index < -0.39 is 23.2 Å². The van der Waals surface area contributed by atoms with Crippen molar-refractivity contribution in [3.05, 3.63) is 77.4 Å². The van der Waals surface area contributed by atoms with Crippen LogP contribution in [0.4, 0.5) is 0 Å². The lowest BCUT2D eigenvalue weighted by atomic mass is 10.2. The van der Waals surface area contributed by atoms with Crippen LogP contribution in [0.15, 0.2) is 65.8 Å². The first-order valence-corrected chi connectivity index (χ1v) is 8.90. The van der Waals surface area contributed by atoms with Crippen LogP contribution in [-0.4, -0.2) is 34.6 Å². The standard InChI is InChI=1S/C22H20N2O6/c1-29-17-6-4-15(5-7-17)13-30-18-8-2-14(3-9-18)12-23-24-22(28)16-10-19(25)21(27)20(26)11-16/h2-12,25-27H,13H2,1H3,(H,24,28)/b23-12+. The summed E-state index contributed by atoms with van der Waals surface area (Å²) in [5, 5.41) is 32.1. The molecule has 0 aliphatic heterocycles. The molecule has 0 saturated carbocycles. The first kappa shape index (κ1) is 20.5. The van der Waals surface area contributed by atoms with Crippen LogP contribution in [0.1, 0.15) is 21.5 Å². The van der Waals surface area contributed by atoms with Gasteiger partial charge in [-0.05, 0) is 59.7 Å². The van der Waals surface area contributed by atoms with Gasteiger partial charge in [-0.3, -0.25) is 4.79 Å². The lowest BCUT2D eigenvalue weighted by Gasteiger charge is -2.07. The summed E-state index contributed by atoms with van der Waals surface area (Å²) in [6.45, 7) is 0.416. The van der Waals surface area contributed by atoms with Crippen molar-refractivity contribution >= 4 is 12.1 Å². The van der Waals surface area contributed by atoms with Gasteiger partial charge in [0.25, 0.3) is 5.91 Å². The predicted octanol–water partition coefficient (Wildman–Crippen LogP) is 3.15. The highest BCUT2D eigenvalue weighted by atomic mass is 16.5. The third-order valence-corrected chi connectivity index (χ3v) is 4.16. The summed E-state index contributed by atoms with van der Waals surface area (Å²) >= 11 is 0. The second-order valence-electron chi connectivity index (χ2n) is 6.27. The number of benzene rings is 3. The number of carbonyl (C=O) groups excluding carboxylic acids is 1. The zero-order valence-electron chi connectivity index (χ0n) is 16.1.